The highest BCUT2D eigenvalue weighted by Crippen LogP contribution is 2.31. The van der Waals surface area contributed by atoms with E-state index in [1.807, 2.05) is 103 Å². The highest BCUT2D eigenvalue weighted by molar-refractivity contribution is 5.94. The number of aliphatic hydroxyl groups excluding tert-OH is 1. The summed E-state index contributed by atoms with van der Waals surface area (Å²) in [4.78, 5) is 43.0. The monoisotopic (exact) mass is 765 g/mol. The number of carbonyl (C=O) groups excluding carboxylic acids is 2. The number of hydrogen-bond acceptors (Lipinski definition) is 8. The molecule has 5 N–H and O–H groups in total. The number of H-pyrrole nitrogens is 1. The maximum absolute atomic E-state index is 12.9. The van der Waals surface area contributed by atoms with Gasteiger partial charge in [-0.2, -0.15) is 0 Å². The summed E-state index contributed by atoms with van der Waals surface area (Å²) in [6.07, 6.45) is -0.00852. The molecule has 0 radical (unpaired) electrons. The average Bonchev–Trinajstić information content (AvgIpc) is 3.24. The number of piperidine rings is 1. The predicted molar refractivity (Wildman–Crippen MR) is 222 cm³/mol. The molecule has 1 atom stereocenters. The van der Waals surface area contributed by atoms with Crippen LogP contribution >= 0.6 is 0 Å². The highest BCUT2D eigenvalue weighted by atomic mass is 16.6. The number of benzene rings is 5. The molecule has 1 saturated heterocycles. The van der Waals surface area contributed by atoms with E-state index in [-0.39, 0.29) is 24.1 Å². The minimum atomic E-state index is -0.835. The van der Waals surface area contributed by atoms with Gasteiger partial charge in [-0.25, -0.2) is 4.79 Å². The van der Waals surface area contributed by atoms with Crippen molar-refractivity contribution in [2.24, 2.45) is 0 Å². The zero-order valence-electron chi connectivity index (χ0n) is 31.7. The van der Waals surface area contributed by atoms with E-state index < -0.39 is 12.2 Å². The fraction of sp³-hybridized carbons (Fsp3) is 0.239. The quantitative estimate of drug-likeness (QED) is 0.0749. The number of para-hydroxylation sites is 1. The molecule has 1 aliphatic heterocycles. The summed E-state index contributed by atoms with van der Waals surface area (Å²) in [6, 6.07) is 41.5. The molecule has 11 nitrogen and oxygen atoms in total. The Morgan fingerprint density at radius 1 is 0.807 bits per heavy atom. The number of likely N-dealkylation sites (tertiary alicyclic amines) is 1. The minimum absolute atomic E-state index is 0.142. The van der Waals surface area contributed by atoms with E-state index in [1.54, 1.807) is 24.3 Å². The van der Waals surface area contributed by atoms with Crippen LogP contribution in [0.4, 0.5) is 10.5 Å². The molecule has 2 amide bonds. The van der Waals surface area contributed by atoms with Crippen molar-refractivity contribution in [3.05, 3.63) is 166 Å². The van der Waals surface area contributed by atoms with Crippen LogP contribution in [0, 0.1) is 0 Å². The molecule has 7 rings (SSSR count). The molecule has 6 aromatic rings. The number of aromatic nitrogens is 1. The van der Waals surface area contributed by atoms with Crippen LogP contribution < -0.4 is 26.2 Å². The third kappa shape index (κ3) is 10.5. The number of amides is 2. The molecule has 0 bridgehead atoms. The summed E-state index contributed by atoms with van der Waals surface area (Å²) in [5, 5.41) is 21.1. The first kappa shape index (κ1) is 39.0. The van der Waals surface area contributed by atoms with Gasteiger partial charge in [-0.3, -0.25) is 14.9 Å². The molecule has 0 saturated carbocycles. The van der Waals surface area contributed by atoms with Crippen LogP contribution in [0.2, 0.25) is 0 Å². The second-order valence-electron chi connectivity index (χ2n) is 14.1. The lowest BCUT2D eigenvalue weighted by Gasteiger charge is -2.31. The third-order valence-corrected chi connectivity index (χ3v) is 10.1. The van der Waals surface area contributed by atoms with Gasteiger partial charge in [0.2, 0.25) is 5.56 Å². The van der Waals surface area contributed by atoms with Gasteiger partial charge in [-0.15, -0.1) is 0 Å². The first-order valence-electron chi connectivity index (χ1n) is 19.3. The molecule has 11 heteroatoms. The van der Waals surface area contributed by atoms with Gasteiger partial charge in [0.05, 0.1) is 17.3 Å². The Balaban J connectivity index is 0.813. The topological polar surface area (TPSA) is 145 Å². The van der Waals surface area contributed by atoms with Crippen LogP contribution in [0.5, 0.6) is 5.75 Å². The zero-order chi connectivity index (χ0) is 39.4. The van der Waals surface area contributed by atoms with Crippen molar-refractivity contribution >= 4 is 28.6 Å². The van der Waals surface area contributed by atoms with E-state index in [4.69, 9.17) is 9.47 Å². The number of fused-ring (bicyclic) bond motifs is 1. The lowest BCUT2D eigenvalue weighted by molar-refractivity contribution is 0.0587. The summed E-state index contributed by atoms with van der Waals surface area (Å²) in [5.74, 6) is 0.395. The number of nitrogens with one attached hydrogen (secondary N) is 4. The maximum Gasteiger partial charge on any atom is 0.411 e. The van der Waals surface area contributed by atoms with Gasteiger partial charge < -0.3 is 35.1 Å². The smallest absolute Gasteiger partial charge is 0.411 e. The van der Waals surface area contributed by atoms with Crippen LogP contribution in [0.15, 0.2) is 138 Å². The fourth-order valence-electron chi connectivity index (χ4n) is 7.06. The predicted octanol–water partition coefficient (Wildman–Crippen LogP) is 7.04. The Labute approximate surface area is 331 Å². The first-order chi connectivity index (χ1) is 27.9. The van der Waals surface area contributed by atoms with Crippen molar-refractivity contribution < 1.29 is 24.2 Å². The largest absolute Gasteiger partial charge is 0.487 e. The summed E-state index contributed by atoms with van der Waals surface area (Å²) < 4.78 is 11.8. The SMILES string of the molecule is O=C(Nc1ccccc1-c1ccccc1)OC1CCN(CCNC(=O)c2ccc(CNC[C@H](O)c3ccc(OCc4ccccc4)c4[nH]c(=O)ccc34)cc2)CC1. The number of ether oxygens (including phenoxy) is 2. The molecule has 2 heterocycles. The van der Waals surface area contributed by atoms with Crippen LogP contribution in [0.3, 0.4) is 0 Å². The van der Waals surface area contributed by atoms with E-state index in [2.05, 4.69) is 25.8 Å². The summed E-state index contributed by atoms with van der Waals surface area (Å²) in [7, 11) is 0. The summed E-state index contributed by atoms with van der Waals surface area (Å²) in [6.45, 7) is 3.88. The van der Waals surface area contributed by atoms with Crippen molar-refractivity contribution in [1.82, 2.24) is 20.5 Å². The van der Waals surface area contributed by atoms with Gasteiger partial charge >= 0.3 is 6.09 Å². The Hall–Kier alpha value is -6.27. The molecule has 0 unspecified atom stereocenters. The number of nitrogens with zero attached hydrogens (tertiary/aromatic N) is 1. The van der Waals surface area contributed by atoms with E-state index >= 15 is 0 Å². The van der Waals surface area contributed by atoms with Crippen molar-refractivity contribution in [2.75, 3.05) is 38.0 Å². The van der Waals surface area contributed by atoms with E-state index in [9.17, 15) is 19.5 Å². The van der Waals surface area contributed by atoms with Crippen molar-refractivity contribution in [1.29, 1.82) is 0 Å². The van der Waals surface area contributed by atoms with Crippen LogP contribution in [0.1, 0.15) is 46.0 Å². The second kappa shape index (κ2) is 19.1. The van der Waals surface area contributed by atoms with Gasteiger partial charge in [0.1, 0.15) is 18.5 Å². The highest BCUT2D eigenvalue weighted by Gasteiger charge is 2.23. The molecule has 5 aromatic carbocycles. The average molecular weight is 766 g/mol. The number of carbonyl (C=O) groups is 2. The van der Waals surface area contributed by atoms with Gasteiger partial charge in [0.15, 0.2) is 0 Å². The van der Waals surface area contributed by atoms with E-state index in [0.29, 0.717) is 59.7 Å². The molecule has 292 valence electrons. The number of pyridine rings is 1. The summed E-state index contributed by atoms with van der Waals surface area (Å²) in [5.41, 5.74) is 6.18. The van der Waals surface area contributed by atoms with Gasteiger partial charge in [0.25, 0.3) is 5.91 Å². The van der Waals surface area contributed by atoms with Crippen LogP contribution in [0.25, 0.3) is 22.0 Å². The van der Waals surface area contributed by atoms with Crippen molar-refractivity contribution in [3.63, 3.8) is 0 Å². The van der Waals surface area contributed by atoms with Crippen LogP contribution in [-0.4, -0.2) is 65.8 Å². The van der Waals surface area contributed by atoms with Crippen LogP contribution in [-0.2, 0) is 17.9 Å². The second-order valence-corrected chi connectivity index (χ2v) is 14.1. The van der Waals surface area contributed by atoms with Gasteiger partial charge in [-0.1, -0.05) is 97.1 Å². The summed E-state index contributed by atoms with van der Waals surface area (Å²) >= 11 is 0. The van der Waals surface area contributed by atoms with E-state index in [0.717, 1.165) is 48.2 Å². The van der Waals surface area contributed by atoms with Gasteiger partial charge in [0, 0.05) is 61.8 Å². The molecular weight excluding hydrogens is 719 g/mol. The minimum Gasteiger partial charge on any atom is -0.487 e. The molecule has 1 aliphatic rings. The van der Waals surface area contributed by atoms with Crippen molar-refractivity contribution in [3.8, 4) is 16.9 Å². The Morgan fingerprint density at radius 2 is 1.53 bits per heavy atom. The molecule has 1 aromatic heterocycles. The first-order valence-corrected chi connectivity index (χ1v) is 19.3. The number of anilines is 1. The van der Waals surface area contributed by atoms with Gasteiger partial charge in [-0.05, 0) is 65.4 Å². The lowest BCUT2D eigenvalue weighted by Crippen LogP contribution is -2.42. The molecule has 0 aliphatic carbocycles. The molecule has 0 spiro atoms. The van der Waals surface area contributed by atoms with E-state index in [1.165, 1.54) is 6.07 Å². The van der Waals surface area contributed by atoms with Crippen molar-refractivity contribution in [2.45, 2.75) is 38.2 Å². The third-order valence-electron chi connectivity index (χ3n) is 10.1. The molecular formula is C46H47N5O6. The normalized spacial score (nSPS) is 13.8. The number of aromatic amines is 1. The number of hydrogen-bond donors (Lipinski definition) is 5. The maximum atomic E-state index is 12.9. The standard InChI is InChI=1S/C46H47N5O6/c52-41(38-19-21-42(44-39(38)20-22-43(53)50-44)56-31-33-9-3-1-4-10-33)30-47-29-32-15-17-35(18-16-32)45(54)48-25-28-51-26-23-36(24-27-51)57-46(55)49-40-14-8-7-13-37(40)34-11-5-2-6-12-34/h1-22,36,41,47,52H,23-31H2,(H,48,54)(H,49,55)(H,50,53)/t41-/m0/s1. The Bertz CT molecular complexity index is 2310. The molecule has 57 heavy (non-hydrogen) atoms. The lowest BCUT2D eigenvalue weighted by atomic mass is 10.0. The fourth-order valence-corrected chi connectivity index (χ4v) is 7.06. The number of rotatable bonds is 15. The number of aliphatic hydroxyl groups is 1. The zero-order valence-corrected chi connectivity index (χ0v) is 31.7. The Morgan fingerprint density at radius 3 is 2.30 bits per heavy atom. The Kier molecular flexibility index (Phi) is 13.0. The molecule has 1 fully saturated rings.